The first kappa shape index (κ1) is 16.3. The van der Waals surface area contributed by atoms with E-state index in [1.54, 1.807) is 7.11 Å². The van der Waals surface area contributed by atoms with E-state index in [4.69, 9.17) is 14.2 Å². The third-order valence-corrected chi connectivity index (χ3v) is 3.81. The molecule has 2 unspecified atom stereocenters. The van der Waals surface area contributed by atoms with Gasteiger partial charge in [-0.3, -0.25) is 0 Å². The monoisotopic (exact) mass is 293 g/mol. The van der Waals surface area contributed by atoms with Crippen molar-refractivity contribution in [2.75, 3.05) is 33.5 Å². The molecule has 0 saturated carbocycles. The third kappa shape index (κ3) is 5.30. The number of hydrogen-bond acceptors (Lipinski definition) is 4. The van der Waals surface area contributed by atoms with Gasteiger partial charge >= 0.3 is 0 Å². The molecular weight excluding hydrogens is 266 g/mol. The van der Waals surface area contributed by atoms with Gasteiger partial charge in [0, 0.05) is 6.61 Å². The van der Waals surface area contributed by atoms with E-state index in [9.17, 15) is 0 Å². The van der Waals surface area contributed by atoms with Gasteiger partial charge in [-0.2, -0.15) is 0 Å². The Bertz CT molecular complexity index is 405. The highest BCUT2D eigenvalue weighted by atomic mass is 16.5. The number of nitrogens with one attached hydrogen (secondary N) is 1. The summed E-state index contributed by atoms with van der Waals surface area (Å²) in [6.45, 7) is 5.23. The molecule has 4 nitrogen and oxygen atoms in total. The average molecular weight is 293 g/mol. The fraction of sp³-hybridized carbons (Fsp3) is 0.647. The Morgan fingerprint density at radius 2 is 2.29 bits per heavy atom. The number of likely N-dealkylation sites (N-methyl/N-ethyl adjacent to an activating group) is 1. The van der Waals surface area contributed by atoms with Crippen molar-refractivity contribution in [3.63, 3.8) is 0 Å². The van der Waals surface area contributed by atoms with Gasteiger partial charge in [0.05, 0.1) is 32.5 Å². The van der Waals surface area contributed by atoms with Crippen LogP contribution in [0.1, 0.15) is 37.8 Å². The molecule has 0 aromatic heterocycles. The first-order chi connectivity index (χ1) is 10.3. The Kier molecular flexibility index (Phi) is 7.00. The van der Waals surface area contributed by atoms with Crippen molar-refractivity contribution in [2.45, 2.75) is 38.3 Å². The number of hydrogen-bond donors (Lipinski definition) is 1. The molecule has 1 aliphatic heterocycles. The Balaban J connectivity index is 1.85. The van der Waals surface area contributed by atoms with E-state index in [-0.39, 0.29) is 12.1 Å². The molecule has 0 bridgehead atoms. The smallest absolute Gasteiger partial charge is 0.119 e. The molecule has 1 saturated heterocycles. The lowest BCUT2D eigenvalue weighted by Crippen LogP contribution is -2.29. The van der Waals surface area contributed by atoms with Gasteiger partial charge in [0.25, 0.3) is 0 Å². The minimum absolute atomic E-state index is 0.189. The average Bonchev–Trinajstić information content (AvgIpc) is 2.55. The van der Waals surface area contributed by atoms with E-state index in [0.29, 0.717) is 13.2 Å². The van der Waals surface area contributed by atoms with E-state index >= 15 is 0 Å². The molecule has 0 spiro atoms. The number of methoxy groups -OCH3 is 1. The van der Waals surface area contributed by atoms with Crippen LogP contribution in [0.25, 0.3) is 0 Å². The standard InChI is InChI=1S/C17H27NO3/c1-3-18-17(14-7-6-9-15(11-14)19-2)13-20-12-16-8-4-5-10-21-16/h6-7,9,11,16-18H,3-5,8,10,12-13H2,1-2H3. The van der Waals surface area contributed by atoms with Crippen LogP contribution in [0.3, 0.4) is 0 Å². The Morgan fingerprint density at radius 1 is 1.38 bits per heavy atom. The summed E-state index contributed by atoms with van der Waals surface area (Å²) in [6.07, 6.45) is 3.82. The van der Waals surface area contributed by atoms with Crippen LogP contribution >= 0.6 is 0 Å². The first-order valence-electron chi connectivity index (χ1n) is 7.90. The van der Waals surface area contributed by atoms with Crippen molar-refractivity contribution < 1.29 is 14.2 Å². The van der Waals surface area contributed by atoms with Crippen LogP contribution in [0.2, 0.25) is 0 Å². The highest BCUT2D eigenvalue weighted by molar-refractivity contribution is 5.30. The summed E-state index contributed by atoms with van der Waals surface area (Å²) in [6, 6.07) is 8.34. The molecule has 4 heteroatoms. The van der Waals surface area contributed by atoms with E-state index < -0.39 is 0 Å². The lowest BCUT2D eigenvalue weighted by Gasteiger charge is -2.24. The normalized spacial score (nSPS) is 20.2. The molecule has 2 rings (SSSR count). The number of benzene rings is 1. The summed E-state index contributed by atoms with van der Waals surface area (Å²) in [5.74, 6) is 0.881. The van der Waals surface area contributed by atoms with Crippen molar-refractivity contribution in [3.05, 3.63) is 29.8 Å². The van der Waals surface area contributed by atoms with Crippen molar-refractivity contribution in [1.82, 2.24) is 5.32 Å². The van der Waals surface area contributed by atoms with Gasteiger partial charge in [0.15, 0.2) is 0 Å². The summed E-state index contributed by atoms with van der Waals surface area (Å²) < 4.78 is 16.9. The largest absolute Gasteiger partial charge is 0.497 e. The van der Waals surface area contributed by atoms with Gasteiger partial charge in [-0.15, -0.1) is 0 Å². The minimum atomic E-state index is 0.189. The zero-order valence-corrected chi connectivity index (χ0v) is 13.1. The van der Waals surface area contributed by atoms with E-state index in [0.717, 1.165) is 25.3 Å². The summed E-state index contributed by atoms with van der Waals surface area (Å²) in [7, 11) is 1.69. The van der Waals surface area contributed by atoms with E-state index in [2.05, 4.69) is 24.4 Å². The van der Waals surface area contributed by atoms with E-state index in [1.165, 1.54) is 18.4 Å². The zero-order valence-electron chi connectivity index (χ0n) is 13.1. The van der Waals surface area contributed by atoms with Crippen LogP contribution < -0.4 is 10.1 Å². The molecular formula is C17H27NO3. The van der Waals surface area contributed by atoms with Crippen LogP contribution in [0.15, 0.2) is 24.3 Å². The van der Waals surface area contributed by atoms with Crippen molar-refractivity contribution in [2.24, 2.45) is 0 Å². The molecule has 1 aromatic carbocycles. The lowest BCUT2D eigenvalue weighted by atomic mass is 10.1. The Hall–Kier alpha value is -1.10. The molecule has 2 atom stereocenters. The fourth-order valence-corrected chi connectivity index (χ4v) is 2.63. The highest BCUT2D eigenvalue weighted by Gasteiger charge is 2.16. The maximum Gasteiger partial charge on any atom is 0.119 e. The predicted octanol–water partition coefficient (Wildman–Crippen LogP) is 2.93. The van der Waals surface area contributed by atoms with Gasteiger partial charge in [-0.25, -0.2) is 0 Å². The van der Waals surface area contributed by atoms with Crippen LogP contribution in [-0.2, 0) is 9.47 Å². The van der Waals surface area contributed by atoms with Crippen molar-refractivity contribution in [1.29, 1.82) is 0 Å². The van der Waals surface area contributed by atoms with Gasteiger partial charge in [0.2, 0.25) is 0 Å². The maximum atomic E-state index is 5.89. The first-order valence-corrected chi connectivity index (χ1v) is 7.90. The second kappa shape index (κ2) is 9.03. The Labute approximate surface area is 127 Å². The fourth-order valence-electron chi connectivity index (χ4n) is 2.63. The summed E-state index contributed by atoms with van der Waals surface area (Å²) >= 11 is 0. The molecule has 1 N–H and O–H groups in total. The quantitative estimate of drug-likeness (QED) is 0.800. The number of rotatable bonds is 8. The van der Waals surface area contributed by atoms with Crippen molar-refractivity contribution in [3.8, 4) is 5.75 Å². The lowest BCUT2D eigenvalue weighted by molar-refractivity contribution is -0.0442. The van der Waals surface area contributed by atoms with Crippen LogP contribution in [0, 0.1) is 0 Å². The van der Waals surface area contributed by atoms with Gasteiger partial charge in [-0.1, -0.05) is 19.1 Å². The molecule has 1 aliphatic rings. The van der Waals surface area contributed by atoms with Gasteiger partial charge in [0.1, 0.15) is 5.75 Å². The zero-order chi connectivity index (χ0) is 14.9. The molecule has 0 radical (unpaired) electrons. The highest BCUT2D eigenvalue weighted by Crippen LogP contribution is 2.20. The molecule has 21 heavy (non-hydrogen) atoms. The topological polar surface area (TPSA) is 39.7 Å². The molecule has 0 aliphatic carbocycles. The van der Waals surface area contributed by atoms with Crippen LogP contribution in [0.5, 0.6) is 5.75 Å². The Morgan fingerprint density at radius 3 is 3.00 bits per heavy atom. The van der Waals surface area contributed by atoms with Gasteiger partial charge in [-0.05, 0) is 43.5 Å². The predicted molar refractivity (Wildman–Crippen MR) is 83.8 cm³/mol. The molecule has 1 heterocycles. The summed E-state index contributed by atoms with van der Waals surface area (Å²) in [5, 5.41) is 3.47. The van der Waals surface area contributed by atoms with Crippen LogP contribution in [0.4, 0.5) is 0 Å². The second-order valence-corrected chi connectivity index (χ2v) is 5.41. The van der Waals surface area contributed by atoms with E-state index in [1.807, 2.05) is 12.1 Å². The maximum absolute atomic E-state index is 5.89. The minimum Gasteiger partial charge on any atom is -0.497 e. The second-order valence-electron chi connectivity index (χ2n) is 5.41. The van der Waals surface area contributed by atoms with Gasteiger partial charge < -0.3 is 19.5 Å². The van der Waals surface area contributed by atoms with Crippen molar-refractivity contribution >= 4 is 0 Å². The third-order valence-electron chi connectivity index (χ3n) is 3.81. The summed E-state index contributed by atoms with van der Waals surface area (Å²) in [5.41, 5.74) is 1.20. The molecule has 118 valence electrons. The SMILES string of the molecule is CCNC(COCC1CCCCO1)c1cccc(OC)c1. The molecule has 1 fully saturated rings. The molecule has 1 aromatic rings. The molecule has 0 amide bonds. The number of ether oxygens (including phenoxy) is 3. The van der Waals surface area contributed by atoms with Crippen LogP contribution in [-0.4, -0.2) is 39.6 Å². The summed E-state index contributed by atoms with van der Waals surface area (Å²) in [4.78, 5) is 0.